The Morgan fingerprint density at radius 1 is 0.925 bits per heavy atom. The molecule has 0 bridgehead atoms. The molecule has 0 atom stereocenters. The summed E-state index contributed by atoms with van der Waals surface area (Å²) in [6.45, 7) is 6.05. The third-order valence-electron chi connectivity index (χ3n) is 9.23. The monoisotopic (exact) mass is 732 g/mol. The zero-order chi connectivity index (χ0) is 37.0. The van der Waals surface area contributed by atoms with Crippen molar-refractivity contribution in [2.75, 3.05) is 92.9 Å². The molecule has 3 aliphatic rings. The SMILES string of the molecule is COc1cc(NC(=O)c2cccc(C(F)(F)F)c2)cc(N2Cc3cnc(N(c4ccccc4)N4CCOCC4)nc3N(CCN3CCOCC3)C2=O)c1. The topological polar surface area (TPSA) is 116 Å². The lowest BCUT2D eigenvalue weighted by molar-refractivity contribution is -0.137. The molecular weight excluding hydrogens is 693 g/mol. The molecule has 4 aromatic rings. The number of methoxy groups -OCH3 is 1. The molecule has 3 amide bonds. The van der Waals surface area contributed by atoms with Crippen molar-refractivity contribution in [1.29, 1.82) is 0 Å². The average Bonchev–Trinajstić information content (AvgIpc) is 3.18. The minimum Gasteiger partial charge on any atom is -0.497 e. The lowest BCUT2D eigenvalue weighted by Crippen LogP contribution is -2.51. The maximum absolute atomic E-state index is 14.6. The van der Waals surface area contributed by atoms with Crippen molar-refractivity contribution in [1.82, 2.24) is 19.9 Å². The molecule has 4 heterocycles. The number of nitrogens with one attached hydrogen (secondary N) is 1. The number of amides is 3. The van der Waals surface area contributed by atoms with E-state index in [1.165, 1.54) is 25.3 Å². The Morgan fingerprint density at radius 3 is 2.38 bits per heavy atom. The number of rotatable bonds is 10. The number of benzene rings is 3. The van der Waals surface area contributed by atoms with E-state index in [4.69, 9.17) is 24.2 Å². The van der Waals surface area contributed by atoms with Crippen molar-refractivity contribution in [3.63, 3.8) is 0 Å². The van der Waals surface area contributed by atoms with Gasteiger partial charge < -0.3 is 19.5 Å². The second kappa shape index (κ2) is 15.8. The van der Waals surface area contributed by atoms with E-state index in [9.17, 15) is 22.8 Å². The van der Waals surface area contributed by atoms with Gasteiger partial charge in [0.05, 0.1) is 57.0 Å². The molecule has 1 aromatic heterocycles. The van der Waals surface area contributed by atoms with Crippen LogP contribution in [0.5, 0.6) is 5.75 Å². The molecule has 278 valence electrons. The Balaban J connectivity index is 1.22. The second-order valence-corrected chi connectivity index (χ2v) is 12.7. The Hall–Kier alpha value is -5.29. The van der Waals surface area contributed by atoms with E-state index in [0.717, 1.165) is 30.9 Å². The highest BCUT2D eigenvalue weighted by Gasteiger charge is 2.36. The quantitative estimate of drug-likeness (QED) is 0.227. The molecule has 3 aliphatic heterocycles. The van der Waals surface area contributed by atoms with Crippen LogP contribution in [0.4, 0.5) is 46.8 Å². The average molecular weight is 733 g/mol. The molecule has 0 unspecified atom stereocenters. The number of hydrazine groups is 1. The van der Waals surface area contributed by atoms with Gasteiger partial charge in [0.25, 0.3) is 5.91 Å². The van der Waals surface area contributed by atoms with E-state index in [-0.39, 0.29) is 23.8 Å². The van der Waals surface area contributed by atoms with Crippen molar-refractivity contribution in [2.24, 2.45) is 0 Å². The van der Waals surface area contributed by atoms with Crippen LogP contribution in [0.15, 0.2) is 79.0 Å². The van der Waals surface area contributed by atoms with Gasteiger partial charge in [-0.1, -0.05) is 24.3 Å². The van der Waals surface area contributed by atoms with E-state index in [2.05, 4.69) is 15.2 Å². The van der Waals surface area contributed by atoms with Crippen LogP contribution < -0.4 is 24.9 Å². The minimum atomic E-state index is -4.61. The van der Waals surface area contributed by atoms with Crippen LogP contribution in [0.1, 0.15) is 21.5 Å². The Labute approximate surface area is 304 Å². The van der Waals surface area contributed by atoms with Gasteiger partial charge in [0.1, 0.15) is 11.6 Å². The molecule has 0 radical (unpaired) electrons. The predicted octanol–water partition coefficient (Wildman–Crippen LogP) is 5.42. The zero-order valence-electron chi connectivity index (χ0n) is 29.1. The molecule has 0 aliphatic carbocycles. The Kier molecular flexibility index (Phi) is 10.7. The van der Waals surface area contributed by atoms with Gasteiger partial charge in [-0.3, -0.25) is 19.5 Å². The van der Waals surface area contributed by atoms with Crippen LogP contribution >= 0.6 is 0 Å². The standard InChI is InChI=1S/C37H39F3N8O5/c1-51-32-22-29(42-34(49)26-6-5-7-28(20-26)37(38,39)40)21-31(23-32)47-25-27-24-41-35(48(30-8-3-2-4-9-30)45-14-18-53-19-15-45)43-33(27)46(36(47)50)11-10-44-12-16-52-17-13-44/h2-9,20-24H,10-19,25H2,1H3,(H,42,49). The summed E-state index contributed by atoms with van der Waals surface area (Å²) in [5.41, 5.74) is 1.09. The number of hydrogen-bond donors (Lipinski definition) is 1. The van der Waals surface area contributed by atoms with Crippen LogP contribution in [-0.2, 0) is 22.2 Å². The highest BCUT2D eigenvalue weighted by molar-refractivity contribution is 6.07. The van der Waals surface area contributed by atoms with E-state index < -0.39 is 17.6 Å². The van der Waals surface area contributed by atoms with Gasteiger partial charge in [-0.15, -0.1) is 0 Å². The van der Waals surface area contributed by atoms with Gasteiger partial charge >= 0.3 is 12.2 Å². The van der Waals surface area contributed by atoms with Gasteiger partial charge in [0.2, 0.25) is 5.95 Å². The van der Waals surface area contributed by atoms with Crippen molar-refractivity contribution < 1.29 is 37.0 Å². The summed E-state index contributed by atoms with van der Waals surface area (Å²) in [4.78, 5) is 43.0. The Morgan fingerprint density at radius 2 is 1.66 bits per heavy atom. The lowest BCUT2D eigenvalue weighted by Gasteiger charge is -2.40. The van der Waals surface area contributed by atoms with Gasteiger partial charge in [-0.25, -0.2) is 19.8 Å². The summed E-state index contributed by atoms with van der Waals surface area (Å²) in [5, 5.41) is 6.76. The van der Waals surface area contributed by atoms with Gasteiger partial charge in [0, 0.05) is 74.4 Å². The summed E-state index contributed by atoms with van der Waals surface area (Å²) in [7, 11) is 1.45. The number of carbonyl (C=O) groups excluding carboxylic acids is 2. The van der Waals surface area contributed by atoms with Gasteiger partial charge in [0.15, 0.2) is 0 Å². The van der Waals surface area contributed by atoms with Crippen LogP contribution in [0.25, 0.3) is 0 Å². The summed E-state index contributed by atoms with van der Waals surface area (Å²) in [6, 6.07) is 18.4. The third-order valence-corrected chi connectivity index (χ3v) is 9.23. The summed E-state index contributed by atoms with van der Waals surface area (Å²) in [5.74, 6) is 0.480. The van der Waals surface area contributed by atoms with Crippen LogP contribution in [0, 0.1) is 0 Å². The first-order valence-electron chi connectivity index (χ1n) is 17.3. The number of aromatic nitrogens is 2. The van der Waals surface area contributed by atoms with Crippen molar-refractivity contribution >= 4 is 40.8 Å². The molecule has 53 heavy (non-hydrogen) atoms. The Bertz CT molecular complexity index is 1920. The molecule has 0 spiro atoms. The third kappa shape index (κ3) is 8.20. The molecule has 2 fully saturated rings. The van der Waals surface area contributed by atoms with Crippen molar-refractivity contribution in [3.8, 4) is 5.75 Å². The molecule has 2 saturated heterocycles. The number of halogens is 3. The molecule has 1 N–H and O–H groups in total. The van der Waals surface area contributed by atoms with Crippen molar-refractivity contribution in [2.45, 2.75) is 12.7 Å². The highest BCUT2D eigenvalue weighted by Crippen LogP contribution is 2.36. The first-order valence-corrected chi connectivity index (χ1v) is 17.3. The fourth-order valence-corrected chi connectivity index (χ4v) is 6.48. The van der Waals surface area contributed by atoms with E-state index in [1.807, 2.05) is 35.3 Å². The molecule has 16 heteroatoms. The fourth-order valence-electron chi connectivity index (χ4n) is 6.48. The van der Waals surface area contributed by atoms with E-state index in [0.29, 0.717) is 81.4 Å². The number of para-hydroxylation sites is 1. The first-order chi connectivity index (χ1) is 25.7. The lowest BCUT2D eigenvalue weighted by atomic mass is 10.1. The number of carbonyl (C=O) groups is 2. The number of anilines is 5. The number of urea groups is 1. The molecule has 13 nitrogen and oxygen atoms in total. The van der Waals surface area contributed by atoms with Crippen LogP contribution in [0.3, 0.4) is 0 Å². The van der Waals surface area contributed by atoms with Gasteiger partial charge in [-0.05, 0) is 36.4 Å². The number of fused-ring (bicyclic) bond motifs is 1. The van der Waals surface area contributed by atoms with Crippen molar-refractivity contribution in [3.05, 3.63) is 95.7 Å². The molecule has 0 saturated carbocycles. The number of hydrogen-bond acceptors (Lipinski definition) is 10. The predicted molar refractivity (Wildman–Crippen MR) is 192 cm³/mol. The number of alkyl halides is 3. The molecule has 3 aromatic carbocycles. The number of morpholine rings is 2. The number of ether oxygens (including phenoxy) is 3. The summed E-state index contributed by atoms with van der Waals surface area (Å²) >= 11 is 0. The zero-order valence-corrected chi connectivity index (χ0v) is 29.1. The van der Waals surface area contributed by atoms with E-state index >= 15 is 0 Å². The van der Waals surface area contributed by atoms with Crippen LogP contribution in [0.2, 0.25) is 0 Å². The minimum absolute atomic E-state index is 0.111. The molecule has 7 rings (SSSR count). The maximum Gasteiger partial charge on any atom is 0.416 e. The van der Waals surface area contributed by atoms with Gasteiger partial charge in [-0.2, -0.15) is 18.2 Å². The molecular formula is C37H39F3N8O5. The second-order valence-electron chi connectivity index (χ2n) is 12.7. The highest BCUT2D eigenvalue weighted by atomic mass is 19.4. The largest absolute Gasteiger partial charge is 0.497 e. The van der Waals surface area contributed by atoms with Crippen LogP contribution in [-0.4, -0.2) is 105 Å². The normalized spacial score (nSPS) is 17.0. The number of nitrogens with zero attached hydrogens (tertiary/aromatic N) is 7. The first kappa shape index (κ1) is 36.1. The fraction of sp³-hybridized carbons (Fsp3) is 0.351. The maximum atomic E-state index is 14.6. The summed E-state index contributed by atoms with van der Waals surface area (Å²) in [6.07, 6.45) is -2.88. The smallest absolute Gasteiger partial charge is 0.416 e. The summed E-state index contributed by atoms with van der Waals surface area (Å²) < 4.78 is 56.8. The van der Waals surface area contributed by atoms with E-state index in [1.54, 1.807) is 28.1 Å².